The lowest BCUT2D eigenvalue weighted by Gasteiger charge is -2.27. The number of rotatable bonds is 15. The third kappa shape index (κ3) is 10.3. The molecule has 0 radical (unpaired) electrons. The van der Waals surface area contributed by atoms with Gasteiger partial charge in [0.25, 0.3) is 0 Å². The van der Waals surface area contributed by atoms with E-state index in [4.69, 9.17) is 22.3 Å². The Kier molecular flexibility index (Phi) is 12.1. The molecule has 4 unspecified atom stereocenters. The quantitative estimate of drug-likeness (QED) is 0.0751. The zero-order valence-electron chi connectivity index (χ0n) is 19.4. The van der Waals surface area contributed by atoms with Gasteiger partial charge in [0.2, 0.25) is 17.7 Å². The molecule has 4 atom stereocenters. The van der Waals surface area contributed by atoms with Crippen molar-refractivity contribution in [2.75, 3.05) is 13.1 Å². The van der Waals surface area contributed by atoms with E-state index in [1.807, 2.05) is 6.92 Å². The number of carbonyl (C=O) groups excluding carboxylic acids is 3. The number of nitrogens with zero attached hydrogens (tertiary/aromatic N) is 2. The molecule has 34 heavy (non-hydrogen) atoms. The Morgan fingerprint density at radius 1 is 1.18 bits per heavy atom. The molecule has 1 aromatic heterocycles. The smallest absolute Gasteiger partial charge is 0.322 e. The van der Waals surface area contributed by atoms with Gasteiger partial charge in [-0.15, -0.1) is 0 Å². The van der Waals surface area contributed by atoms with E-state index in [0.29, 0.717) is 18.5 Å². The summed E-state index contributed by atoms with van der Waals surface area (Å²) in [6.07, 6.45) is 4.28. The topological polar surface area (TPSA) is 244 Å². The summed E-state index contributed by atoms with van der Waals surface area (Å²) >= 11 is 0. The molecular formula is C20H35N9O5. The van der Waals surface area contributed by atoms with Crippen LogP contribution in [0.4, 0.5) is 0 Å². The second-order valence-corrected chi connectivity index (χ2v) is 7.88. The molecule has 1 aromatic rings. The van der Waals surface area contributed by atoms with Crippen LogP contribution in [-0.2, 0) is 25.6 Å². The molecule has 14 heteroatoms. The summed E-state index contributed by atoms with van der Waals surface area (Å²) in [6, 6.07) is -2.94. The molecule has 14 nitrogen and oxygen atoms in total. The summed E-state index contributed by atoms with van der Waals surface area (Å²) < 4.78 is 0. The Morgan fingerprint density at radius 3 is 2.44 bits per heavy atom. The highest BCUT2D eigenvalue weighted by molar-refractivity contribution is 5.93. The lowest BCUT2D eigenvalue weighted by atomic mass is 9.97. The fraction of sp³-hybridized carbons (Fsp3) is 0.600. The normalized spacial score (nSPS) is 14.2. The summed E-state index contributed by atoms with van der Waals surface area (Å²) in [6.45, 7) is 3.25. The first-order valence-corrected chi connectivity index (χ1v) is 10.9. The highest BCUT2D eigenvalue weighted by Crippen LogP contribution is 2.10. The number of aliphatic carboxylic acids is 1. The SMILES string of the molecule is CCC(C)C(NC(=O)C(N)Cc1cnc[nH]1)C(=O)NC(CCCN=C(N)N)C(=O)NCC(=O)O. The van der Waals surface area contributed by atoms with Gasteiger partial charge in [-0.3, -0.25) is 24.2 Å². The molecule has 190 valence electrons. The molecule has 0 saturated heterocycles. The maximum absolute atomic E-state index is 13.1. The molecule has 1 rings (SSSR count). The van der Waals surface area contributed by atoms with E-state index in [0.717, 1.165) is 0 Å². The Morgan fingerprint density at radius 2 is 1.88 bits per heavy atom. The molecule has 11 N–H and O–H groups in total. The average molecular weight is 482 g/mol. The Hall–Kier alpha value is -3.68. The predicted molar refractivity (Wildman–Crippen MR) is 124 cm³/mol. The van der Waals surface area contributed by atoms with E-state index in [2.05, 4.69) is 30.9 Å². The van der Waals surface area contributed by atoms with Gasteiger partial charge in [0.05, 0.1) is 12.4 Å². The molecule has 1 heterocycles. The number of imidazole rings is 1. The monoisotopic (exact) mass is 481 g/mol. The molecule has 0 aromatic carbocycles. The number of aromatic nitrogens is 2. The second kappa shape index (κ2) is 14.5. The number of hydrogen-bond donors (Lipinski definition) is 8. The number of nitrogens with two attached hydrogens (primary N) is 3. The van der Waals surface area contributed by atoms with Crippen molar-refractivity contribution in [3.05, 3.63) is 18.2 Å². The van der Waals surface area contributed by atoms with Gasteiger partial charge >= 0.3 is 5.97 Å². The Bertz CT molecular complexity index is 839. The Labute approximate surface area is 197 Å². The van der Waals surface area contributed by atoms with Gasteiger partial charge in [-0.05, 0) is 18.8 Å². The van der Waals surface area contributed by atoms with Crippen molar-refractivity contribution in [2.45, 2.75) is 57.7 Å². The number of amides is 3. The summed E-state index contributed by atoms with van der Waals surface area (Å²) in [7, 11) is 0. The third-order valence-electron chi connectivity index (χ3n) is 5.12. The van der Waals surface area contributed by atoms with Crippen molar-refractivity contribution in [2.24, 2.45) is 28.1 Å². The van der Waals surface area contributed by atoms with Gasteiger partial charge in [-0.1, -0.05) is 20.3 Å². The highest BCUT2D eigenvalue weighted by atomic mass is 16.4. The van der Waals surface area contributed by atoms with E-state index < -0.39 is 48.4 Å². The van der Waals surface area contributed by atoms with Gasteiger partial charge < -0.3 is 43.2 Å². The van der Waals surface area contributed by atoms with Crippen molar-refractivity contribution in [3.63, 3.8) is 0 Å². The molecule has 0 fully saturated rings. The number of nitrogens with one attached hydrogen (secondary N) is 4. The maximum Gasteiger partial charge on any atom is 0.322 e. The van der Waals surface area contributed by atoms with Gasteiger partial charge in [0.15, 0.2) is 5.96 Å². The van der Waals surface area contributed by atoms with E-state index in [-0.39, 0.29) is 31.3 Å². The molecule has 0 aliphatic rings. The van der Waals surface area contributed by atoms with Crippen LogP contribution < -0.4 is 33.2 Å². The first kappa shape index (κ1) is 28.4. The fourth-order valence-corrected chi connectivity index (χ4v) is 3.01. The van der Waals surface area contributed by atoms with Crippen LogP contribution in [0.2, 0.25) is 0 Å². The van der Waals surface area contributed by atoms with E-state index >= 15 is 0 Å². The van der Waals surface area contributed by atoms with Gasteiger partial charge in [0, 0.05) is 24.9 Å². The molecule has 0 aliphatic carbocycles. The lowest BCUT2D eigenvalue weighted by molar-refractivity contribution is -0.138. The largest absolute Gasteiger partial charge is 0.480 e. The minimum absolute atomic E-state index is 0.109. The van der Waals surface area contributed by atoms with Crippen molar-refractivity contribution >= 4 is 29.7 Å². The van der Waals surface area contributed by atoms with Crippen LogP contribution in [-0.4, -0.2) is 75.9 Å². The zero-order chi connectivity index (χ0) is 25.7. The average Bonchev–Trinajstić information content (AvgIpc) is 3.29. The van der Waals surface area contributed by atoms with Crippen molar-refractivity contribution in [1.29, 1.82) is 0 Å². The minimum atomic E-state index is -1.23. The summed E-state index contributed by atoms with van der Waals surface area (Å²) in [5, 5.41) is 16.3. The molecule has 0 bridgehead atoms. The van der Waals surface area contributed by atoms with Crippen LogP contribution in [0.3, 0.4) is 0 Å². The van der Waals surface area contributed by atoms with Crippen LogP contribution in [0.15, 0.2) is 17.5 Å². The predicted octanol–water partition coefficient (Wildman–Crippen LogP) is -2.45. The van der Waals surface area contributed by atoms with E-state index in [9.17, 15) is 19.2 Å². The number of carboxylic acid groups (broad SMARTS) is 1. The molecular weight excluding hydrogens is 446 g/mol. The summed E-state index contributed by atoms with van der Waals surface area (Å²) in [5.74, 6) is -3.40. The zero-order valence-corrected chi connectivity index (χ0v) is 19.4. The lowest BCUT2D eigenvalue weighted by Crippen LogP contribution is -2.58. The second-order valence-electron chi connectivity index (χ2n) is 7.88. The number of carbonyl (C=O) groups is 4. The van der Waals surface area contributed by atoms with Crippen molar-refractivity contribution in [1.82, 2.24) is 25.9 Å². The number of guanidine groups is 1. The number of aliphatic imine (C=N–C) groups is 1. The third-order valence-corrected chi connectivity index (χ3v) is 5.12. The van der Waals surface area contributed by atoms with Gasteiger partial charge in [-0.25, -0.2) is 4.98 Å². The summed E-state index contributed by atoms with van der Waals surface area (Å²) in [5.41, 5.74) is 17.2. The number of carboxylic acids is 1. The van der Waals surface area contributed by atoms with Crippen LogP contribution in [0.1, 0.15) is 38.8 Å². The maximum atomic E-state index is 13.1. The van der Waals surface area contributed by atoms with Crippen LogP contribution in [0.5, 0.6) is 0 Å². The van der Waals surface area contributed by atoms with Crippen LogP contribution in [0, 0.1) is 5.92 Å². The van der Waals surface area contributed by atoms with E-state index in [1.165, 1.54) is 6.33 Å². The minimum Gasteiger partial charge on any atom is -0.480 e. The van der Waals surface area contributed by atoms with Gasteiger partial charge in [-0.2, -0.15) is 0 Å². The van der Waals surface area contributed by atoms with Crippen LogP contribution >= 0.6 is 0 Å². The number of H-pyrrole nitrogens is 1. The number of aromatic amines is 1. The first-order valence-electron chi connectivity index (χ1n) is 10.9. The first-order chi connectivity index (χ1) is 16.0. The number of hydrogen-bond acceptors (Lipinski definition) is 7. The van der Waals surface area contributed by atoms with Crippen LogP contribution in [0.25, 0.3) is 0 Å². The fourth-order valence-electron chi connectivity index (χ4n) is 3.01. The molecule has 3 amide bonds. The summed E-state index contributed by atoms with van der Waals surface area (Å²) in [4.78, 5) is 59.6. The molecule has 0 spiro atoms. The highest BCUT2D eigenvalue weighted by Gasteiger charge is 2.31. The standard InChI is InChI=1S/C20H35N9O5/c1-3-11(2)16(29-17(32)13(21)7-12-8-24-10-27-12)19(34)28-14(5-4-6-25-20(22)23)18(33)26-9-15(30)31/h8,10-11,13-14,16H,3-7,9,21H2,1-2H3,(H,24,27)(H,26,33)(H,28,34)(H,29,32)(H,30,31)(H4,22,23,25). The van der Waals surface area contributed by atoms with Crippen molar-refractivity contribution < 1.29 is 24.3 Å². The Balaban J connectivity index is 2.88. The van der Waals surface area contributed by atoms with E-state index in [1.54, 1.807) is 13.1 Å². The molecule has 0 aliphatic heterocycles. The van der Waals surface area contributed by atoms with Gasteiger partial charge in [0.1, 0.15) is 18.6 Å². The van der Waals surface area contributed by atoms with Crippen molar-refractivity contribution in [3.8, 4) is 0 Å². The molecule has 0 saturated carbocycles.